The van der Waals surface area contributed by atoms with Gasteiger partial charge in [-0.25, -0.2) is 0 Å². The zero-order valence-corrected chi connectivity index (χ0v) is 6.48. The van der Waals surface area contributed by atoms with E-state index in [-0.39, 0.29) is 5.76 Å². The molecule has 11 heavy (non-hydrogen) atoms. The second-order valence-corrected chi connectivity index (χ2v) is 2.94. The summed E-state index contributed by atoms with van der Waals surface area (Å²) in [7, 11) is 0. The maximum absolute atomic E-state index is 9.43. The van der Waals surface area contributed by atoms with Crippen molar-refractivity contribution in [3.63, 3.8) is 0 Å². The van der Waals surface area contributed by atoms with Gasteiger partial charge >= 0.3 is 0 Å². The fourth-order valence-corrected chi connectivity index (χ4v) is 0.974. The van der Waals surface area contributed by atoms with Crippen LogP contribution >= 0.6 is 0 Å². The van der Waals surface area contributed by atoms with Crippen LogP contribution in [0, 0.1) is 0 Å². The maximum Gasteiger partial charge on any atom is 0.161 e. The van der Waals surface area contributed by atoms with Crippen molar-refractivity contribution in [2.24, 2.45) is 0 Å². The van der Waals surface area contributed by atoms with Gasteiger partial charge in [-0.15, -0.1) is 0 Å². The van der Waals surface area contributed by atoms with Crippen molar-refractivity contribution in [2.45, 2.75) is 31.7 Å². The van der Waals surface area contributed by atoms with E-state index in [0.29, 0.717) is 0 Å². The van der Waals surface area contributed by atoms with Crippen molar-refractivity contribution in [1.29, 1.82) is 0 Å². The zero-order chi connectivity index (χ0) is 8.65. The minimum Gasteiger partial charge on any atom is -0.506 e. The van der Waals surface area contributed by atoms with Crippen molar-refractivity contribution in [1.82, 2.24) is 0 Å². The van der Waals surface area contributed by atoms with E-state index in [1.807, 2.05) is 0 Å². The first kappa shape index (κ1) is 8.36. The largest absolute Gasteiger partial charge is 0.506 e. The Bertz CT molecular complexity index is 185. The Labute approximate surface area is 64.7 Å². The Kier molecular flexibility index (Phi) is 1.82. The van der Waals surface area contributed by atoms with E-state index in [0.717, 1.165) is 6.26 Å². The normalized spacial score (nSPS) is 44.5. The number of aliphatic hydroxyl groups excluding tert-OH is 2. The monoisotopic (exact) mass is 160 g/mol. The number of aliphatic hydroxyl groups is 3. The molecule has 1 rings (SSSR count). The van der Waals surface area contributed by atoms with Crippen molar-refractivity contribution in [3.05, 3.63) is 12.0 Å². The van der Waals surface area contributed by atoms with Crippen LogP contribution in [0.4, 0.5) is 0 Å². The summed E-state index contributed by atoms with van der Waals surface area (Å²) >= 11 is 0. The number of ether oxygens (including phenoxy) is 1. The smallest absolute Gasteiger partial charge is 0.161 e. The topological polar surface area (TPSA) is 69.9 Å². The van der Waals surface area contributed by atoms with Crippen LogP contribution in [0.25, 0.3) is 0 Å². The van der Waals surface area contributed by atoms with Crippen LogP contribution in [-0.4, -0.2) is 33.1 Å². The summed E-state index contributed by atoms with van der Waals surface area (Å²) in [6.45, 7) is 2.95. The second-order valence-electron chi connectivity index (χ2n) is 2.94. The average molecular weight is 160 g/mol. The van der Waals surface area contributed by atoms with Gasteiger partial charge < -0.3 is 20.1 Å². The molecule has 64 valence electrons. The Morgan fingerprint density at radius 3 is 2.64 bits per heavy atom. The van der Waals surface area contributed by atoms with Gasteiger partial charge in [0.25, 0.3) is 0 Å². The second kappa shape index (κ2) is 2.39. The number of hydrogen-bond donors (Lipinski definition) is 3. The highest BCUT2D eigenvalue weighted by Gasteiger charge is 2.42. The molecule has 0 aliphatic carbocycles. The van der Waals surface area contributed by atoms with E-state index in [4.69, 9.17) is 9.84 Å². The lowest BCUT2D eigenvalue weighted by Crippen LogP contribution is -2.50. The molecule has 0 aromatic heterocycles. The standard InChI is InChI=1S/C7H12O4/c1-4-6(9)7(2,10)5(8)3-11-4/h3-4,6,8-10H,1-2H3/t4?,6?,7-/m0/s1. The summed E-state index contributed by atoms with van der Waals surface area (Å²) in [6, 6.07) is 0. The van der Waals surface area contributed by atoms with Crippen LogP contribution in [-0.2, 0) is 4.74 Å². The summed E-state index contributed by atoms with van der Waals surface area (Å²) in [5.41, 5.74) is -1.59. The fraction of sp³-hybridized carbons (Fsp3) is 0.714. The molecular formula is C7H12O4. The molecule has 4 heteroatoms. The molecule has 0 aromatic rings. The summed E-state index contributed by atoms with van der Waals surface area (Å²) < 4.78 is 4.82. The predicted octanol–water partition coefficient (Wildman–Crippen LogP) is -0.0836. The van der Waals surface area contributed by atoms with Crippen molar-refractivity contribution in [3.8, 4) is 0 Å². The van der Waals surface area contributed by atoms with Gasteiger partial charge in [0.15, 0.2) is 11.4 Å². The first-order chi connectivity index (χ1) is 4.96. The molecule has 0 bridgehead atoms. The third-order valence-electron chi connectivity index (χ3n) is 1.93. The van der Waals surface area contributed by atoms with Crippen LogP contribution < -0.4 is 0 Å². The Morgan fingerprint density at radius 2 is 2.18 bits per heavy atom. The molecule has 1 aliphatic rings. The van der Waals surface area contributed by atoms with E-state index in [1.54, 1.807) is 6.92 Å². The molecule has 0 fully saturated rings. The molecule has 1 heterocycles. The van der Waals surface area contributed by atoms with Crippen molar-refractivity contribution < 1.29 is 20.1 Å². The van der Waals surface area contributed by atoms with Crippen molar-refractivity contribution >= 4 is 0 Å². The van der Waals surface area contributed by atoms with Crippen LogP contribution in [0.2, 0.25) is 0 Å². The van der Waals surface area contributed by atoms with E-state index in [1.165, 1.54) is 6.92 Å². The molecule has 0 saturated heterocycles. The van der Waals surface area contributed by atoms with Crippen LogP contribution in [0.1, 0.15) is 13.8 Å². The number of hydrogen-bond acceptors (Lipinski definition) is 4. The van der Waals surface area contributed by atoms with Gasteiger partial charge in [-0.05, 0) is 13.8 Å². The minimum absolute atomic E-state index is 0.344. The molecule has 3 N–H and O–H groups in total. The highest BCUT2D eigenvalue weighted by atomic mass is 16.5. The van der Waals surface area contributed by atoms with Gasteiger partial charge in [-0.3, -0.25) is 0 Å². The molecule has 0 amide bonds. The predicted molar refractivity (Wildman–Crippen MR) is 37.9 cm³/mol. The molecule has 3 atom stereocenters. The highest BCUT2D eigenvalue weighted by molar-refractivity contribution is 5.12. The highest BCUT2D eigenvalue weighted by Crippen LogP contribution is 2.26. The van der Waals surface area contributed by atoms with Gasteiger partial charge in [0.05, 0.1) is 0 Å². The summed E-state index contributed by atoms with van der Waals surface area (Å²) in [5, 5.41) is 27.8. The van der Waals surface area contributed by atoms with Gasteiger partial charge in [0, 0.05) is 0 Å². The molecule has 0 aromatic carbocycles. The Hall–Kier alpha value is -0.740. The first-order valence-corrected chi connectivity index (χ1v) is 3.41. The third kappa shape index (κ3) is 1.19. The summed E-state index contributed by atoms with van der Waals surface area (Å²) in [6.07, 6.45) is -0.536. The van der Waals surface area contributed by atoms with Crippen LogP contribution in [0.3, 0.4) is 0 Å². The van der Waals surface area contributed by atoms with Gasteiger partial charge in [-0.2, -0.15) is 0 Å². The van der Waals surface area contributed by atoms with E-state index in [2.05, 4.69) is 0 Å². The lowest BCUT2D eigenvalue weighted by Gasteiger charge is -2.35. The minimum atomic E-state index is -1.59. The van der Waals surface area contributed by atoms with Crippen molar-refractivity contribution in [2.75, 3.05) is 0 Å². The average Bonchev–Trinajstić information content (AvgIpc) is 1.95. The fourth-order valence-electron chi connectivity index (χ4n) is 0.974. The lowest BCUT2D eigenvalue weighted by molar-refractivity contribution is -0.131. The molecule has 0 spiro atoms. The molecule has 0 saturated carbocycles. The summed E-state index contributed by atoms with van der Waals surface area (Å²) in [4.78, 5) is 0. The van der Waals surface area contributed by atoms with E-state index >= 15 is 0 Å². The van der Waals surface area contributed by atoms with Crippen LogP contribution in [0.15, 0.2) is 12.0 Å². The van der Waals surface area contributed by atoms with E-state index < -0.39 is 17.8 Å². The quantitative estimate of drug-likeness (QED) is 0.463. The van der Waals surface area contributed by atoms with Gasteiger partial charge in [0.2, 0.25) is 0 Å². The maximum atomic E-state index is 9.43. The van der Waals surface area contributed by atoms with Gasteiger partial charge in [0.1, 0.15) is 18.5 Å². The SMILES string of the molecule is CC1OC=C(O)[C@](C)(O)C1O. The number of rotatable bonds is 0. The Morgan fingerprint density at radius 1 is 1.64 bits per heavy atom. The molecule has 2 unspecified atom stereocenters. The Balaban J connectivity index is 2.91. The molecule has 0 radical (unpaired) electrons. The molecular weight excluding hydrogens is 148 g/mol. The van der Waals surface area contributed by atoms with Gasteiger partial charge in [-0.1, -0.05) is 0 Å². The van der Waals surface area contributed by atoms with E-state index in [9.17, 15) is 10.2 Å². The summed E-state index contributed by atoms with van der Waals surface area (Å²) in [5.74, 6) is -0.344. The molecule has 4 nitrogen and oxygen atoms in total. The first-order valence-electron chi connectivity index (χ1n) is 3.41. The third-order valence-corrected chi connectivity index (χ3v) is 1.93. The van der Waals surface area contributed by atoms with Crippen LogP contribution in [0.5, 0.6) is 0 Å². The zero-order valence-electron chi connectivity index (χ0n) is 6.48. The molecule has 1 aliphatic heterocycles. The lowest BCUT2D eigenvalue weighted by atomic mass is 9.92.